The average molecular weight is 352 g/mol. The molecule has 0 aliphatic carbocycles. The molecular weight excluding hydrogens is 332 g/mol. The number of hydrogen-bond acceptors (Lipinski definition) is 6. The van der Waals surface area contributed by atoms with Crippen molar-refractivity contribution in [1.82, 2.24) is 15.0 Å². The second-order valence-electron chi connectivity index (χ2n) is 5.54. The molecule has 2 aromatic heterocycles. The predicted molar refractivity (Wildman–Crippen MR) is 97.7 cm³/mol. The Kier molecular flexibility index (Phi) is 4.94. The molecule has 3 aromatic rings. The number of fused-ring (bicyclic) bond motifs is 1. The zero-order valence-corrected chi connectivity index (χ0v) is 15.2. The van der Waals surface area contributed by atoms with Crippen molar-refractivity contribution < 1.29 is 14.2 Å². The maximum absolute atomic E-state index is 9.48. The quantitative estimate of drug-likeness (QED) is 0.730. The minimum absolute atomic E-state index is 0.262. The standard InChI is InChI=1S/C19H20N4O3/c1-5-11-7-14(24-3)15(25-4)8-13(11)17-16-12(9-20)10-21-18(16)23-19(22-17)26-6-2/h7-8,10H,5-6H2,1-4H3,(H,21,22,23). The summed E-state index contributed by atoms with van der Waals surface area (Å²) in [7, 11) is 3.19. The number of benzene rings is 1. The number of H-pyrrole nitrogens is 1. The highest BCUT2D eigenvalue weighted by Crippen LogP contribution is 2.39. The van der Waals surface area contributed by atoms with Gasteiger partial charge < -0.3 is 19.2 Å². The Hall–Kier alpha value is -3.27. The minimum Gasteiger partial charge on any atom is -0.493 e. The molecule has 0 fully saturated rings. The van der Waals surface area contributed by atoms with Crippen LogP contribution in [0, 0.1) is 11.3 Å². The Morgan fingerprint density at radius 3 is 2.46 bits per heavy atom. The van der Waals surface area contributed by atoms with Crippen LogP contribution in [-0.2, 0) is 6.42 Å². The average Bonchev–Trinajstić information content (AvgIpc) is 3.09. The number of ether oxygens (including phenoxy) is 3. The molecule has 0 unspecified atom stereocenters. The van der Waals surface area contributed by atoms with Gasteiger partial charge in [-0.15, -0.1) is 0 Å². The first-order valence-corrected chi connectivity index (χ1v) is 8.34. The first-order valence-electron chi connectivity index (χ1n) is 8.34. The molecular formula is C19H20N4O3. The monoisotopic (exact) mass is 352 g/mol. The van der Waals surface area contributed by atoms with E-state index in [4.69, 9.17) is 14.2 Å². The lowest BCUT2D eigenvalue weighted by Crippen LogP contribution is -2.02. The van der Waals surface area contributed by atoms with Gasteiger partial charge in [-0.05, 0) is 31.0 Å². The van der Waals surface area contributed by atoms with E-state index in [9.17, 15) is 5.26 Å². The number of aromatic amines is 1. The molecule has 0 radical (unpaired) electrons. The van der Waals surface area contributed by atoms with Crippen LogP contribution in [0.3, 0.4) is 0 Å². The van der Waals surface area contributed by atoms with Gasteiger partial charge in [0.05, 0.1) is 37.5 Å². The van der Waals surface area contributed by atoms with Gasteiger partial charge in [0.25, 0.3) is 0 Å². The number of rotatable bonds is 6. The Balaban J connectivity index is 2.36. The van der Waals surface area contributed by atoms with Crippen LogP contribution in [0.15, 0.2) is 18.3 Å². The van der Waals surface area contributed by atoms with Crippen molar-refractivity contribution >= 4 is 11.0 Å². The lowest BCUT2D eigenvalue weighted by atomic mass is 9.98. The molecule has 0 atom stereocenters. The number of nitriles is 1. The van der Waals surface area contributed by atoms with Crippen LogP contribution in [0.2, 0.25) is 0 Å². The third-order valence-corrected chi connectivity index (χ3v) is 4.15. The molecule has 0 saturated carbocycles. The number of hydrogen-bond donors (Lipinski definition) is 1. The first-order chi connectivity index (χ1) is 12.7. The molecule has 2 heterocycles. The Morgan fingerprint density at radius 1 is 1.12 bits per heavy atom. The van der Waals surface area contributed by atoms with Crippen molar-refractivity contribution in [2.45, 2.75) is 20.3 Å². The van der Waals surface area contributed by atoms with Crippen molar-refractivity contribution in [3.63, 3.8) is 0 Å². The van der Waals surface area contributed by atoms with Gasteiger partial charge in [0.1, 0.15) is 11.7 Å². The SMILES string of the molecule is CCOc1nc(-c2cc(OC)c(OC)cc2CC)c2c(C#N)c[nH]c2n1. The molecule has 0 saturated heterocycles. The highest BCUT2D eigenvalue weighted by Gasteiger charge is 2.20. The minimum atomic E-state index is 0.262. The van der Waals surface area contributed by atoms with E-state index in [1.807, 2.05) is 19.1 Å². The number of aryl methyl sites for hydroxylation is 1. The van der Waals surface area contributed by atoms with E-state index in [-0.39, 0.29) is 6.01 Å². The van der Waals surface area contributed by atoms with Crippen LogP contribution >= 0.6 is 0 Å². The largest absolute Gasteiger partial charge is 0.493 e. The molecule has 0 spiro atoms. The molecule has 0 aliphatic rings. The Morgan fingerprint density at radius 2 is 1.85 bits per heavy atom. The van der Waals surface area contributed by atoms with E-state index >= 15 is 0 Å². The highest BCUT2D eigenvalue weighted by atomic mass is 16.5. The maximum Gasteiger partial charge on any atom is 0.318 e. The summed E-state index contributed by atoms with van der Waals surface area (Å²) in [4.78, 5) is 12.0. The number of methoxy groups -OCH3 is 2. The van der Waals surface area contributed by atoms with Crippen molar-refractivity contribution in [3.8, 4) is 34.8 Å². The lowest BCUT2D eigenvalue weighted by Gasteiger charge is -2.15. The van der Waals surface area contributed by atoms with Gasteiger partial charge in [-0.1, -0.05) is 6.92 Å². The third-order valence-electron chi connectivity index (χ3n) is 4.15. The van der Waals surface area contributed by atoms with Gasteiger partial charge in [-0.25, -0.2) is 0 Å². The molecule has 3 rings (SSSR count). The van der Waals surface area contributed by atoms with Crippen LogP contribution in [0.4, 0.5) is 0 Å². The van der Waals surface area contributed by atoms with E-state index in [2.05, 4.69) is 27.9 Å². The first kappa shape index (κ1) is 17.5. The topological polar surface area (TPSA) is 93.0 Å². The number of nitrogens with one attached hydrogen (secondary N) is 1. The fourth-order valence-corrected chi connectivity index (χ4v) is 2.92. The maximum atomic E-state index is 9.48. The molecule has 0 amide bonds. The van der Waals surface area contributed by atoms with E-state index < -0.39 is 0 Å². The smallest absolute Gasteiger partial charge is 0.318 e. The highest BCUT2D eigenvalue weighted by molar-refractivity contribution is 5.96. The molecule has 0 bridgehead atoms. The zero-order chi connectivity index (χ0) is 18.7. The second kappa shape index (κ2) is 7.31. The summed E-state index contributed by atoms with van der Waals surface area (Å²) in [5, 5.41) is 10.1. The van der Waals surface area contributed by atoms with Crippen molar-refractivity contribution in [2.24, 2.45) is 0 Å². The normalized spacial score (nSPS) is 10.6. The van der Waals surface area contributed by atoms with Gasteiger partial charge >= 0.3 is 6.01 Å². The van der Waals surface area contributed by atoms with Gasteiger partial charge in [-0.2, -0.15) is 15.2 Å². The molecule has 1 aromatic carbocycles. The summed E-state index contributed by atoms with van der Waals surface area (Å²) >= 11 is 0. The fourth-order valence-electron chi connectivity index (χ4n) is 2.92. The summed E-state index contributed by atoms with van der Waals surface area (Å²) < 4.78 is 16.4. The van der Waals surface area contributed by atoms with E-state index in [1.165, 1.54) is 0 Å². The zero-order valence-electron chi connectivity index (χ0n) is 15.2. The van der Waals surface area contributed by atoms with Crippen LogP contribution in [0.1, 0.15) is 25.0 Å². The predicted octanol–water partition coefficient (Wildman–Crippen LogP) is 3.47. The van der Waals surface area contributed by atoms with Gasteiger partial charge in [-0.3, -0.25) is 0 Å². The van der Waals surface area contributed by atoms with E-state index in [0.717, 1.165) is 17.5 Å². The van der Waals surface area contributed by atoms with Crippen LogP contribution in [0.25, 0.3) is 22.3 Å². The molecule has 134 valence electrons. The molecule has 0 aliphatic heterocycles. The molecule has 1 N–H and O–H groups in total. The van der Waals surface area contributed by atoms with Crippen LogP contribution in [-0.4, -0.2) is 35.8 Å². The summed E-state index contributed by atoms with van der Waals surface area (Å²) in [5.41, 5.74) is 3.56. The van der Waals surface area contributed by atoms with E-state index in [1.54, 1.807) is 20.4 Å². The number of aromatic nitrogens is 3. The molecule has 7 nitrogen and oxygen atoms in total. The Labute approximate surface area is 151 Å². The molecule has 7 heteroatoms. The van der Waals surface area contributed by atoms with Gasteiger partial charge in [0, 0.05) is 11.8 Å². The van der Waals surface area contributed by atoms with Crippen LogP contribution < -0.4 is 14.2 Å². The summed E-state index contributed by atoms with van der Waals surface area (Å²) in [6.45, 7) is 4.37. The lowest BCUT2D eigenvalue weighted by molar-refractivity contribution is 0.314. The Bertz CT molecular complexity index is 989. The summed E-state index contributed by atoms with van der Waals surface area (Å²) in [6.07, 6.45) is 2.39. The van der Waals surface area contributed by atoms with Crippen molar-refractivity contribution in [3.05, 3.63) is 29.5 Å². The summed E-state index contributed by atoms with van der Waals surface area (Å²) in [5.74, 6) is 1.25. The molecule has 26 heavy (non-hydrogen) atoms. The van der Waals surface area contributed by atoms with Crippen LogP contribution in [0.5, 0.6) is 17.5 Å². The van der Waals surface area contributed by atoms with E-state index in [0.29, 0.717) is 40.4 Å². The van der Waals surface area contributed by atoms with Crippen molar-refractivity contribution in [1.29, 1.82) is 5.26 Å². The van der Waals surface area contributed by atoms with Crippen molar-refractivity contribution in [2.75, 3.05) is 20.8 Å². The van der Waals surface area contributed by atoms with Gasteiger partial charge in [0.2, 0.25) is 0 Å². The third kappa shape index (κ3) is 2.90. The second-order valence-corrected chi connectivity index (χ2v) is 5.54. The number of nitrogens with zero attached hydrogens (tertiary/aromatic N) is 3. The van der Waals surface area contributed by atoms with Gasteiger partial charge in [0.15, 0.2) is 11.5 Å². The fraction of sp³-hybridized carbons (Fsp3) is 0.316. The summed E-state index contributed by atoms with van der Waals surface area (Å²) in [6, 6.07) is 6.26.